The first kappa shape index (κ1) is 14.6. The van der Waals surface area contributed by atoms with E-state index in [1.807, 2.05) is 0 Å². The molecule has 0 radical (unpaired) electrons. The van der Waals surface area contributed by atoms with E-state index in [1.54, 1.807) is 11.3 Å². The Kier molecular flexibility index (Phi) is 4.23. The molecular weight excluding hydrogens is 420 g/mol. The standard InChI is InChI=1S/C16H11Br2ClS/c1-9-14(18)8-15(20-9)16(19)12-3-2-11-7-13(17)5-4-10(11)6-12/h2-8,16H,1H3. The number of aryl methyl sites for hydroxylation is 1. The van der Waals surface area contributed by atoms with Crippen LogP contribution in [-0.4, -0.2) is 0 Å². The lowest BCUT2D eigenvalue weighted by molar-refractivity contribution is 1.19. The average Bonchev–Trinajstić information content (AvgIpc) is 2.77. The minimum absolute atomic E-state index is 0.0990. The Balaban J connectivity index is 2.03. The second-order valence-electron chi connectivity index (χ2n) is 4.67. The van der Waals surface area contributed by atoms with Gasteiger partial charge in [0.05, 0.1) is 5.38 Å². The van der Waals surface area contributed by atoms with Crippen molar-refractivity contribution in [2.24, 2.45) is 0 Å². The van der Waals surface area contributed by atoms with Crippen LogP contribution in [0.25, 0.3) is 10.8 Å². The Morgan fingerprint density at radius 2 is 1.70 bits per heavy atom. The molecule has 1 aromatic heterocycles. The zero-order valence-corrected chi connectivity index (χ0v) is 15.4. The predicted octanol–water partition coefficient (Wildman–Crippen LogP) is 7.06. The number of benzene rings is 2. The lowest BCUT2D eigenvalue weighted by Gasteiger charge is -2.09. The van der Waals surface area contributed by atoms with Crippen LogP contribution in [0.1, 0.15) is 20.7 Å². The minimum atomic E-state index is -0.0990. The first-order valence-corrected chi connectivity index (χ1v) is 8.97. The molecule has 102 valence electrons. The highest BCUT2D eigenvalue weighted by atomic mass is 79.9. The maximum Gasteiger partial charge on any atom is 0.0928 e. The number of thiophene rings is 1. The Morgan fingerprint density at radius 1 is 1.00 bits per heavy atom. The molecule has 2 aromatic carbocycles. The number of hydrogen-bond donors (Lipinski definition) is 0. The molecule has 1 heterocycles. The zero-order valence-electron chi connectivity index (χ0n) is 10.7. The summed E-state index contributed by atoms with van der Waals surface area (Å²) in [6.45, 7) is 2.10. The summed E-state index contributed by atoms with van der Waals surface area (Å²) in [5, 5.41) is 2.33. The third-order valence-electron chi connectivity index (χ3n) is 3.25. The average molecular weight is 431 g/mol. The van der Waals surface area contributed by atoms with Crippen LogP contribution < -0.4 is 0 Å². The number of fused-ring (bicyclic) bond motifs is 1. The van der Waals surface area contributed by atoms with Crippen LogP contribution in [-0.2, 0) is 0 Å². The monoisotopic (exact) mass is 428 g/mol. The van der Waals surface area contributed by atoms with Crippen molar-refractivity contribution in [3.63, 3.8) is 0 Å². The predicted molar refractivity (Wildman–Crippen MR) is 96.1 cm³/mol. The normalized spacial score (nSPS) is 12.8. The quantitative estimate of drug-likeness (QED) is 0.382. The van der Waals surface area contributed by atoms with Crippen molar-refractivity contribution in [1.29, 1.82) is 0 Å². The van der Waals surface area contributed by atoms with Crippen LogP contribution in [0.4, 0.5) is 0 Å². The molecule has 0 aliphatic heterocycles. The van der Waals surface area contributed by atoms with E-state index in [-0.39, 0.29) is 5.38 Å². The summed E-state index contributed by atoms with van der Waals surface area (Å²) in [6, 6.07) is 14.8. The summed E-state index contributed by atoms with van der Waals surface area (Å²) < 4.78 is 2.23. The molecule has 0 N–H and O–H groups in total. The van der Waals surface area contributed by atoms with E-state index in [0.29, 0.717) is 0 Å². The molecule has 1 unspecified atom stereocenters. The molecule has 0 saturated heterocycles. The minimum Gasteiger partial charge on any atom is -0.143 e. The van der Waals surface area contributed by atoms with Gasteiger partial charge in [-0.25, -0.2) is 0 Å². The highest BCUT2D eigenvalue weighted by molar-refractivity contribution is 9.10. The van der Waals surface area contributed by atoms with E-state index < -0.39 is 0 Å². The van der Waals surface area contributed by atoms with Crippen molar-refractivity contribution >= 4 is 65.6 Å². The summed E-state index contributed by atoms with van der Waals surface area (Å²) in [6.07, 6.45) is 0. The van der Waals surface area contributed by atoms with Crippen molar-refractivity contribution in [3.05, 3.63) is 66.7 Å². The number of rotatable bonds is 2. The molecule has 4 heteroatoms. The van der Waals surface area contributed by atoms with E-state index in [9.17, 15) is 0 Å². The molecule has 0 aliphatic carbocycles. The van der Waals surface area contributed by atoms with Gasteiger partial charge in [-0.3, -0.25) is 0 Å². The van der Waals surface area contributed by atoms with Crippen LogP contribution in [0.2, 0.25) is 0 Å². The molecular formula is C16H11Br2ClS. The molecule has 3 aromatic rings. The van der Waals surface area contributed by atoms with Crippen LogP contribution in [0.15, 0.2) is 51.4 Å². The third-order valence-corrected chi connectivity index (χ3v) is 6.56. The topological polar surface area (TPSA) is 0 Å². The van der Waals surface area contributed by atoms with Gasteiger partial charge in [-0.2, -0.15) is 0 Å². The van der Waals surface area contributed by atoms with Gasteiger partial charge in [-0.05, 0) is 63.5 Å². The lowest BCUT2D eigenvalue weighted by atomic mass is 10.0. The molecule has 3 rings (SSSR count). The van der Waals surface area contributed by atoms with E-state index >= 15 is 0 Å². The fourth-order valence-electron chi connectivity index (χ4n) is 2.16. The molecule has 0 amide bonds. The van der Waals surface area contributed by atoms with Crippen molar-refractivity contribution in [3.8, 4) is 0 Å². The Bertz CT molecular complexity index is 760. The second-order valence-corrected chi connectivity index (χ2v) is 8.16. The number of halogens is 3. The molecule has 0 saturated carbocycles. The molecule has 0 bridgehead atoms. The van der Waals surface area contributed by atoms with Crippen molar-refractivity contribution < 1.29 is 0 Å². The molecule has 0 nitrogen and oxygen atoms in total. The summed E-state index contributed by atoms with van der Waals surface area (Å²) >= 11 is 15.4. The molecule has 0 spiro atoms. The maximum atomic E-state index is 6.63. The molecule has 20 heavy (non-hydrogen) atoms. The van der Waals surface area contributed by atoms with Crippen molar-refractivity contribution in [2.75, 3.05) is 0 Å². The van der Waals surface area contributed by atoms with E-state index in [2.05, 4.69) is 81.2 Å². The summed E-state index contributed by atoms with van der Waals surface area (Å²) in [7, 11) is 0. The van der Waals surface area contributed by atoms with Gasteiger partial charge >= 0.3 is 0 Å². The highest BCUT2D eigenvalue weighted by Crippen LogP contribution is 2.38. The molecule has 0 fully saturated rings. The van der Waals surface area contributed by atoms with Gasteiger partial charge in [0.1, 0.15) is 0 Å². The first-order chi connectivity index (χ1) is 9.54. The third kappa shape index (κ3) is 2.82. The van der Waals surface area contributed by atoms with Crippen LogP contribution in [0.3, 0.4) is 0 Å². The van der Waals surface area contributed by atoms with Gasteiger partial charge in [0.15, 0.2) is 0 Å². The van der Waals surface area contributed by atoms with Gasteiger partial charge in [0.25, 0.3) is 0 Å². The van der Waals surface area contributed by atoms with E-state index in [0.717, 1.165) is 14.5 Å². The maximum absolute atomic E-state index is 6.63. The number of hydrogen-bond acceptors (Lipinski definition) is 1. The zero-order chi connectivity index (χ0) is 14.3. The first-order valence-electron chi connectivity index (χ1n) is 6.14. The van der Waals surface area contributed by atoms with Gasteiger partial charge in [-0.1, -0.05) is 34.1 Å². The van der Waals surface area contributed by atoms with Gasteiger partial charge < -0.3 is 0 Å². The summed E-state index contributed by atoms with van der Waals surface area (Å²) in [5.74, 6) is 0. The van der Waals surface area contributed by atoms with Gasteiger partial charge in [-0.15, -0.1) is 22.9 Å². The fourth-order valence-corrected chi connectivity index (χ4v) is 4.44. The number of alkyl halides is 1. The Morgan fingerprint density at radius 3 is 2.40 bits per heavy atom. The molecule has 0 aliphatic rings. The SMILES string of the molecule is Cc1sc(C(Cl)c2ccc3cc(Br)ccc3c2)cc1Br. The van der Waals surface area contributed by atoms with Crippen LogP contribution in [0, 0.1) is 6.92 Å². The largest absolute Gasteiger partial charge is 0.143 e. The summed E-state index contributed by atoms with van der Waals surface area (Å²) in [4.78, 5) is 2.43. The van der Waals surface area contributed by atoms with E-state index in [4.69, 9.17) is 11.6 Å². The molecule has 1 atom stereocenters. The van der Waals surface area contributed by atoms with Crippen LogP contribution in [0.5, 0.6) is 0 Å². The summed E-state index contributed by atoms with van der Waals surface area (Å²) in [5.41, 5.74) is 1.13. The van der Waals surface area contributed by atoms with E-state index in [1.165, 1.54) is 20.5 Å². The van der Waals surface area contributed by atoms with Gasteiger partial charge in [0.2, 0.25) is 0 Å². The second kappa shape index (κ2) is 5.80. The van der Waals surface area contributed by atoms with Crippen LogP contribution >= 0.6 is 54.8 Å². The lowest BCUT2D eigenvalue weighted by Crippen LogP contribution is -1.90. The Hall–Kier alpha value is -0.350. The van der Waals surface area contributed by atoms with Crippen molar-refractivity contribution in [1.82, 2.24) is 0 Å². The fraction of sp³-hybridized carbons (Fsp3) is 0.125. The Labute approximate surface area is 144 Å². The smallest absolute Gasteiger partial charge is 0.0928 e. The van der Waals surface area contributed by atoms with Crippen molar-refractivity contribution in [2.45, 2.75) is 12.3 Å². The van der Waals surface area contributed by atoms with Gasteiger partial charge in [0, 0.05) is 18.7 Å². The highest BCUT2D eigenvalue weighted by Gasteiger charge is 2.15.